The lowest BCUT2D eigenvalue weighted by Gasteiger charge is -2.13. The largest absolute Gasteiger partial charge is 0.474 e. The molecule has 0 aromatic rings. The minimum atomic E-state index is -5.22. The Kier molecular flexibility index (Phi) is 3.86. The fourth-order valence-electron chi connectivity index (χ4n) is 0.553. The number of nitrogens with zero attached hydrogens (tertiary/aromatic N) is 1. The van der Waals surface area contributed by atoms with Crippen molar-refractivity contribution in [1.82, 2.24) is 5.06 Å². The number of alkyl halides is 3. The lowest BCUT2D eigenvalue weighted by molar-refractivity contribution is -0.216. The summed E-state index contributed by atoms with van der Waals surface area (Å²) in [5.41, 5.74) is 0. The molecule has 0 aromatic carbocycles. The zero-order valence-corrected chi connectivity index (χ0v) is 6.76. The molecule has 0 spiro atoms. The lowest BCUT2D eigenvalue weighted by atomic mass is 10.3. The average molecular weight is 199 g/mol. The van der Waals surface area contributed by atoms with Crippen molar-refractivity contribution >= 4 is 11.8 Å². The van der Waals surface area contributed by atoms with Crippen molar-refractivity contribution in [3.8, 4) is 0 Å². The van der Waals surface area contributed by atoms with Crippen molar-refractivity contribution in [2.75, 3.05) is 0 Å². The second kappa shape index (κ2) is 4.22. The van der Waals surface area contributed by atoms with Crippen molar-refractivity contribution in [2.45, 2.75) is 25.9 Å². The Balaban J connectivity index is 4.35. The van der Waals surface area contributed by atoms with E-state index in [-0.39, 0.29) is 12.8 Å². The summed E-state index contributed by atoms with van der Waals surface area (Å²) >= 11 is 0. The number of amides is 2. The molecule has 4 nitrogen and oxygen atoms in total. The van der Waals surface area contributed by atoms with Gasteiger partial charge in [0.15, 0.2) is 0 Å². The Hall–Kier alpha value is -1.11. The number of hydrogen-bond donors (Lipinski definition) is 1. The first kappa shape index (κ1) is 11.9. The van der Waals surface area contributed by atoms with Gasteiger partial charge in [-0.1, -0.05) is 6.92 Å². The van der Waals surface area contributed by atoms with E-state index in [4.69, 9.17) is 5.21 Å². The summed E-state index contributed by atoms with van der Waals surface area (Å²) < 4.78 is 34.8. The van der Waals surface area contributed by atoms with Crippen LogP contribution in [0.25, 0.3) is 0 Å². The van der Waals surface area contributed by atoms with Crippen LogP contribution in [0.2, 0.25) is 0 Å². The molecule has 0 fully saturated rings. The molecule has 13 heavy (non-hydrogen) atoms. The summed E-state index contributed by atoms with van der Waals surface area (Å²) in [5.74, 6) is -3.82. The fourth-order valence-corrected chi connectivity index (χ4v) is 0.553. The van der Waals surface area contributed by atoms with E-state index in [1.165, 1.54) is 6.92 Å². The van der Waals surface area contributed by atoms with Gasteiger partial charge in [0.25, 0.3) is 5.91 Å². The molecule has 2 amide bonds. The number of carbonyl (C=O) groups excluding carboxylic acids is 2. The van der Waals surface area contributed by atoms with E-state index in [0.29, 0.717) is 0 Å². The molecule has 76 valence electrons. The Labute approximate surface area is 71.9 Å². The van der Waals surface area contributed by atoms with Gasteiger partial charge in [-0.3, -0.25) is 14.8 Å². The van der Waals surface area contributed by atoms with Gasteiger partial charge in [0, 0.05) is 6.42 Å². The highest BCUT2D eigenvalue weighted by molar-refractivity contribution is 5.96. The van der Waals surface area contributed by atoms with E-state index in [0.717, 1.165) is 0 Å². The fraction of sp³-hybridized carbons (Fsp3) is 0.667. The molecule has 0 aliphatic heterocycles. The highest BCUT2D eigenvalue weighted by Crippen LogP contribution is 2.17. The second-order valence-electron chi connectivity index (χ2n) is 2.26. The zero-order valence-electron chi connectivity index (χ0n) is 6.76. The van der Waals surface area contributed by atoms with Crippen LogP contribution in [0, 0.1) is 0 Å². The van der Waals surface area contributed by atoms with Crippen molar-refractivity contribution in [3.63, 3.8) is 0 Å². The standard InChI is InChI=1S/C6H8F3NO3/c1-2-3-4(11)10(13)5(12)6(7,8)9/h13H,2-3H2,1H3. The van der Waals surface area contributed by atoms with Crippen molar-refractivity contribution < 1.29 is 28.0 Å². The van der Waals surface area contributed by atoms with Crippen LogP contribution in [-0.2, 0) is 9.59 Å². The summed E-state index contributed by atoms with van der Waals surface area (Å²) in [5, 5.41) is 7.57. The number of halogens is 3. The Morgan fingerprint density at radius 3 is 2.15 bits per heavy atom. The van der Waals surface area contributed by atoms with E-state index < -0.39 is 23.1 Å². The third kappa shape index (κ3) is 3.41. The maximum absolute atomic E-state index is 11.6. The molecular weight excluding hydrogens is 191 g/mol. The highest BCUT2D eigenvalue weighted by atomic mass is 19.4. The van der Waals surface area contributed by atoms with Gasteiger partial charge in [-0.25, -0.2) is 0 Å². The molecule has 0 rings (SSSR count). The molecule has 0 saturated heterocycles. The average Bonchev–Trinajstić information content (AvgIpc) is 2.00. The topological polar surface area (TPSA) is 57.6 Å². The Bertz CT molecular complexity index is 214. The van der Waals surface area contributed by atoms with Crippen LogP contribution in [0.5, 0.6) is 0 Å². The zero-order chi connectivity index (χ0) is 10.6. The van der Waals surface area contributed by atoms with Gasteiger partial charge in [0.05, 0.1) is 0 Å². The molecule has 0 radical (unpaired) electrons. The SMILES string of the molecule is CCCC(=O)N(O)C(=O)C(F)(F)F. The van der Waals surface area contributed by atoms with Crippen LogP contribution in [0.15, 0.2) is 0 Å². The summed E-state index contributed by atoms with van der Waals surface area (Å²) in [7, 11) is 0. The molecular formula is C6H8F3NO3. The molecule has 0 saturated carbocycles. The van der Waals surface area contributed by atoms with Gasteiger partial charge in [-0.15, -0.1) is 5.06 Å². The van der Waals surface area contributed by atoms with Crippen molar-refractivity contribution in [2.24, 2.45) is 0 Å². The van der Waals surface area contributed by atoms with E-state index in [9.17, 15) is 22.8 Å². The normalized spacial score (nSPS) is 11.2. The smallest absolute Gasteiger partial charge is 0.278 e. The lowest BCUT2D eigenvalue weighted by Crippen LogP contribution is -2.42. The third-order valence-corrected chi connectivity index (χ3v) is 1.13. The van der Waals surface area contributed by atoms with Gasteiger partial charge in [-0.2, -0.15) is 13.2 Å². The van der Waals surface area contributed by atoms with Gasteiger partial charge >= 0.3 is 12.1 Å². The first-order chi connectivity index (χ1) is 5.80. The summed E-state index contributed by atoms with van der Waals surface area (Å²) in [4.78, 5) is 20.8. The minimum Gasteiger partial charge on any atom is -0.278 e. The molecule has 0 aliphatic carbocycles. The molecule has 0 unspecified atom stereocenters. The highest BCUT2D eigenvalue weighted by Gasteiger charge is 2.44. The van der Waals surface area contributed by atoms with Crippen molar-refractivity contribution in [1.29, 1.82) is 0 Å². The molecule has 0 aromatic heterocycles. The van der Waals surface area contributed by atoms with Crippen LogP contribution < -0.4 is 0 Å². The monoisotopic (exact) mass is 199 g/mol. The van der Waals surface area contributed by atoms with Gasteiger partial charge in [-0.05, 0) is 6.42 Å². The molecule has 1 N–H and O–H groups in total. The van der Waals surface area contributed by atoms with E-state index in [1.54, 1.807) is 0 Å². The van der Waals surface area contributed by atoms with Gasteiger partial charge in [0.2, 0.25) is 0 Å². The number of carbonyl (C=O) groups is 2. The quantitative estimate of drug-likeness (QED) is 0.535. The van der Waals surface area contributed by atoms with Gasteiger partial charge in [0.1, 0.15) is 0 Å². The molecule has 7 heteroatoms. The van der Waals surface area contributed by atoms with Crippen molar-refractivity contribution in [3.05, 3.63) is 0 Å². The molecule has 0 heterocycles. The van der Waals surface area contributed by atoms with Crippen LogP contribution >= 0.6 is 0 Å². The van der Waals surface area contributed by atoms with E-state index >= 15 is 0 Å². The number of hydroxylamine groups is 2. The van der Waals surface area contributed by atoms with E-state index in [2.05, 4.69) is 0 Å². The van der Waals surface area contributed by atoms with Gasteiger partial charge < -0.3 is 0 Å². The third-order valence-electron chi connectivity index (χ3n) is 1.13. The molecule has 0 aliphatic rings. The summed E-state index contributed by atoms with van der Waals surface area (Å²) in [6, 6.07) is 0. The maximum atomic E-state index is 11.6. The Morgan fingerprint density at radius 1 is 1.38 bits per heavy atom. The van der Waals surface area contributed by atoms with Crippen LogP contribution in [-0.4, -0.2) is 28.3 Å². The molecule has 0 bridgehead atoms. The summed E-state index contributed by atoms with van der Waals surface area (Å²) in [6.45, 7) is 1.53. The summed E-state index contributed by atoms with van der Waals surface area (Å²) in [6.07, 6.45) is -5.28. The number of imide groups is 1. The first-order valence-corrected chi connectivity index (χ1v) is 3.43. The number of rotatable bonds is 2. The van der Waals surface area contributed by atoms with Crippen LogP contribution in [0.4, 0.5) is 13.2 Å². The first-order valence-electron chi connectivity index (χ1n) is 3.43. The van der Waals surface area contributed by atoms with Crippen LogP contribution in [0.1, 0.15) is 19.8 Å². The second-order valence-corrected chi connectivity index (χ2v) is 2.26. The predicted molar refractivity (Wildman–Crippen MR) is 34.6 cm³/mol. The molecule has 0 atom stereocenters. The maximum Gasteiger partial charge on any atom is 0.474 e. The van der Waals surface area contributed by atoms with Crippen LogP contribution in [0.3, 0.4) is 0 Å². The Morgan fingerprint density at radius 2 is 1.85 bits per heavy atom. The minimum absolute atomic E-state index is 0.251. The predicted octanol–water partition coefficient (Wildman–Crippen LogP) is 1.09. The number of hydrogen-bond acceptors (Lipinski definition) is 3. The van der Waals surface area contributed by atoms with E-state index in [1.807, 2.05) is 0 Å².